The molecule has 2 N–H and O–H groups in total. The van der Waals surface area contributed by atoms with E-state index in [0.717, 1.165) is 0 Å². The Balaban J connectivity index is 2.66. The van der Waals surface area contributed by atoms with Crippen LogP contribution >= 0.6 is 0 Å². The van der Waals surface area contributed by atoms with Gasteiger partial charge in [0, 0.05) is 5.92 Å². The van der Waals surface area contributed by atoms with Crippen LogP contribution in [0.5, 0.6) is 0 Å². The molecule has 0 amide bonds. The average molecular weight is 159 g/mol. The zero-order valence-electron chi connectivity index (χ0n) is 7.82. The zero-order valence-corrected chi connectivity index (χ0v) is 7.82. The lowest BCUT2D eigenvalue weighted by Gasteiger charge is -2.15. The molecular formula is C9H18FN. The third-order valence-electron chi connectivity index (χ3n) is 3.04. The molecule has 0 bridgehead atoms. The van der Waals surface area contributed by atoms with E-state index in [4.69, 9.17) is 5.73 Å². The van der Waals surface area contributed by atoms with Gasteiger partial charge in [-0.15, -0.1) is 0 Å². The second kappa shape index (κ2) is 2.19. The van der Waals surface area contributed by atoms with Crippen LogP contribution in [-0.2, 0) is 0 Å². The van der Waals surface area contributed by atoms with Crippen LogP contribution in [0.25, 0.3) is 0 Å². The van der Waals surface area contributed by atoms with Crippen molar-refractivity contribution < 1.29 is 4.39 Å². The Morgan fingerprint density at radius 1 is 1.45 bits per heavy atom. The molecular weight excluding hydrogens is 141 g/mol. The van der Waals surface area contributed by atoms with Crippen LogP contribution in [0.15, 0.2) is 0 Å². The highest BCUT2D eigenvalue weighted by Crippen LogP contribution is 2.63. The van der Waals surface area contributed by atoms with Crippen LogP contribution in [0.1, 0.15) is 27.7 Å². The fraction of sp³-hybridized carbons (Fsp3) is 1.00. The van der Waals surface area contributed by atoms with Crippen LogP contribution < -0.4 is 5.73 Å². The van der Waals surface area contributed by atoms with Crippen LogP contribution in [0.4, 0.5) is 4.39 Å². The molecule has 11 heavy (non-hydrogen) atoms. The van der Waals surface area contributed by atoms with E-state index in [2.05, 4.69) is 13.8 Å². The van der Waals surface area contributed by atoms with Gasteiger partial charge in [-0.05, 0) is 31.7 Å². The van der Waals surface area contributed by atoms with E-state index in [0.29, 0.717) is 12.5 Å². The van der Waals surface area contributed by atoms with Crippen molar-refractivity contribution >= 4 is 0 Å². The third kappa shape index (κ3) is 1.28. The first-order valence-corrected chi connectivity index (χ1v) is 4.20. The first-order chi connectivity index (χ1) is 4.81. The monoisotopic (exact) mass is 159 g/mol. The Labute approximate surface area is 68.2 Å². The van der Waals surface area contributed by atoms with Crippen molar-refractivity contribution in [3.8, 4) is 0 Å². The maximum atomic E-state index is 13.5. The van der Waals surface area contributed by atoms with Crippen molar-refractivity contribution in [3.05, 3.63) is 0 Å². The van der Waals surface area contributed by atoms with Crippen LogP contribution in [-0.4, -0.2) is 12.2 Å². The molecule has 0 heterocycles. The number of hydrogen-bond donors (Lipinski definition) is 1. The van der Waals surface area contributed by atoms with E-state index < -0.39 is 5.67 Å². The van der Waals surface area contributed by atoms with Crippen molar-refractivity contribution in [1.29, 1.82) is 0 Å². The van der Waals surface area contributed by atoms with E-state index in [9.17, 15) is 4.39 Å². The van der Waals surface area contributed by atoms with E-state index in [1.807, 2.05) is 0 Å². The van der Waals surface area contributed by atoms with Crippen molar-refractivity contribution in [2.75, 3.05) is 6.54 Å². The average Bonchev–Trinajstić information content (AvgIpc) is 2.31. The van der Waals surface area contributed by atoms with E-state index in [1.165, 1.54) is 0 Å². The summed E-state index contributed by atoms with van der Waals surface area (Å²) in [7, 11) is 0. The molecule has 0 unspecified atom stereocenters. The standard InChI is InChI=1S/C9H18FN/c1-8(2)6(5-11)7(8)9(3,4)10/h6-7H,5,11H2,1-4H3/t6-,7-/m1/s1. The van der Waals surface area contributed by atoms with Gasteiger partial charge in [-0.1, -0.05) is 13.8 Å². The summed E-state index contributed by atoms with van der Waals surface area (Å²) in [4.78, 5) is 0. The minimum absolute atomic E-state index is 0.118. The van der Waals surface area contributed by atoms with E-state index in [1.54, 1.807) is 13.8 Å². The smallest absolute Gasteiger partial charge is 0.109 e. The Morgan fingerprint density at radius 3 is 2.00 bits per heavy atom. The molecule has 0 radical (unpaired) electrons. The summed E-state index contributed by atoms with van der Waals surface area (Å²) in [5.41, 5.74) is 4.59. The molecule has 1 rings (SSSR count). The van der Waals surface area contributed by atoms with E-state index in [-0.39, 0.29) is 11.3 Å². The van der Waals surface area contributed by atoms with Crippen molar-refractivity contribution in [1.82, 2.24) is 0 Å². The summed E-state index contributed by atoms with van der Waals surface area (Å²) in [5, 5.41) is 0. The van der Waals surface area contributed by atoms with Crippen molar-refractivity contribution in [2.45, 2.75) is 33.4 Å². The predicted octanol–water partition coefficient (Wildman–Crippen LogP) is 1.97. The molecule has 1 fully saturated rings. The van der Waals surface area contributed by atoms with Gasteiger partial charge in [-0.3, -0.25) is 0 Å². The van der Waals surface area contributed by atoms with Gasteiger partial charge in [-0.2, -0.15) is 0 Å². The number of halogens is 1. The molecule has 1 nitrogen and oxygen atoms in total. The second-order valence-corrected chi connectivity index (χ2v) is 4.71. The molecule has 0 aliphatic heterocycles. The summed E-state index contributed by atoms with van der Waals surface area (Å²) in [6.07, 6.45) is 0. The molecule has 1 aliphatic carbocycles. The van der Waals surface area contributed by atoms with E-state index >= 15 is 0 Å². The quantitative estimate of drug-likeness (QED) is 0.655. The maximum absolute atomic E-state index is 13.5. The van der Waals surface area contributed by atoms with Gasteiger partial charge in [0.05, 0.1) is 0 Å². The Morgan fingerprint density at radius 2 is 1.91 bits per heavy atom. The minimum Gasteiger partial charge on any atom is -0.330 e. The molecule has 2 heteroatoms. The highest BCUT2D eigenvalue weighted by Gasteiger charge is 2.63. The van der Waals surface area contributed by atoms with Gasteiger partial charge >= 0.3 is 0 Å². The Kier molecular flexibility index (Phi) is 1.79. The summed E-state index contributed by atoms with van der Waals surface area (Å²) >= 11 is 0. The summed E-state index contributed by atoms with van der Waals surface area (Å²) < 4.78 is 13.5. The van der Waals surface area contributed by atoms with Crippen LogP contribution in [0.3, 0.4) is 0 Å². The lowest BCUT2D eigenvalue weighted by molar-refractivity contribution is 0.159. The molecule has 0 spiro atoms. The first kappa shape index (κ1) is 8.98. The number of hydrogen-bond acceptors (Lipinski definition) is 1. The van der Waals surface area contributed by atoms with Gasteiger partial charge < -0.3 is 5.73 Å². The normalized spacial score (nSPS) is 35.5. The molecule has 0 saturated heterocycles. The van der Waals surface area contributed by atoms with Crippen LogP contribution in [0.2, 0.25) is 0 Å². The fourth-order valence-electron chi connectivity index (χ4n) is 2.55. The van der Waals surface area contributed by atoms with Gasteiger partial charge in [0.15, 0.2) is 0 Å². The van der Waals surface area contributed by atoms with Gasteiger partial charge in [-0.25, -0.2) is 4.39 Å². The Hall–Kier alpha value is -0.110. The van der Waals surface area contributed by atoms with Crippen LogP contribution in [0, 0.1) is 17.3 Å². The zero-order chi connectivity index (χ0) is 8.86. The summed E-state index contributed by atoms with van der Waals surface area (Å²) in [6, 6.07) is 0. The first-order valence-electron chi connectivity index (χ1n) is 4.20. The third-order valence-corrected chi connectivity index (χ3v) is 3.04. The molecule has 0 aromatic heterocycles. The molecule has 0 aromatic carbocycles. The van der Waals surface area contributed by atoms with Gasteiger partial charge in [0.25, 0.3) is 0 Å². The van der Waals surface area contributed by atoms with Gasteiger partial charge in [0.2, 0.25) is 0 Å². The maximum Gasteiger partial charge on any atom is 0.109 e. The number of alkyl halides is 1. The second-order valence-electron chi connectivity index (χ2n) is 4.71. The molecule has 0 aromatic rings. The highest BCUT2D eigenvalue weighted by atomic mass is 19.1. The lowest BCUT2D eigenvalue weighted by atomic mass is 9.98. The number of nitrogens with two attached hydrogens (primary N) is 1. The largest absolute Gasteiger partial charge is 0.330 e. The number of rotatable bonds is 2. The summed E-state index contributed by atoms with van der Waals surface area (Å²) in [5.74, 6) is 0.530. The Bertz CT molecular complexity index is 157. The molecule has 1 aliphatic rings. The minimum atomic E-state index is -1.06. The lowest BCUT2D eigenvalue weighted by Crippen LogP contribution is -2.19. The van der Waals surface area contributed by atoms with Crippen molar-refractivity contribution in [3.63, 3.8) is 0 Å². The molecule has 2 atom stereocenters. The highest BCUT2D eigenvalue weighted by molar-refractivity contribution is 5.11. The summed E-state index contributed by atoms with van der Waals surface area (Å²) in [6.45, 7) is 8.10. The predicted molar refractivity (Wildman–Crippen MR) is 45.0 cm³/mol. The SMILES string of the molecule is CC(C)(F)[C@@H]1[C@@H](CN)C1(C)C. The topological polar surface area (TPSA) is 26.0 Å². The fourth-order valence-corrected chi connectivity index (χ4v) is 2.55. The molecule has 66 valence electrons. The van der Waals surface area contributed by atoms with Gasteiger partial charge in [0.1, 0.15) is 5.67 Å². The molecule has 1 saturated carbocycles. The van der Waals surface area contributed by atoms with Crippen molar-refractivity contribution in [2.24, 2.45) is 23.0 Å².